The molecule has 2 rings (SSSR count). The molecule has 0 saturated carbocycles. The van der Waals surface area contributed by atoms with Crippen LogP contribution in [0.2, 0.25) is 0 Å². The van der Waals surface area contributed by atoms with Gasteiger partial charge in [-0.2, -0.15) is 0 Å². The summed E-state index contributed by atoms with van der Waals surface area (Å²) in [6.45, 7) is 5.74. The van der Waals surface area contributed by atoms with Crippen LogP contribution in [0, 0.1) is 24.0 Å². The van der Waals surface area contributed by atoms with E-state index in [1.165, 1.54) is 12.1 Å². The van der Waals surface area contributed by atoms with Gasteiger partial charge in [0.15, 0.2) is 0 Å². The maximum Gasteiger partial charge on any atom is 0.273 e. The highest BCUT2D eigenvalue weighted by Crippen LogP contribution is 2.29. The minimum Gasteiger partial charge on any atom is -0.466 e. The molecule has 0 aliphatic carbocycles. The summed E-state index contributed by atoms with van der Waals surface area (Å²) in [5, 5.41) is 14.2. The Morgan fingerprint density at radius 2 is 1.90 bits per heavy atom. The highest BCUT2D eigenvalue weighted by molar-refractivity contribution is 5.63. The summed E-state index contributed by atoms with van der Waals surface area (Å²) in [6.07, 6.45) is 0. The summed E-state index contributed by atoms with van der Waals surface area (Å²) in [5.41, 5.74) is 4.50. The summed E-state index contributed by atoms with van der Waals surface area (Å²) < 4.78 is 5.50. The summed E-state index contributed by atoms with van der Waals surface area (Å²) in [7, 11) is 0. The van der Waals surface area contributed by atoms with Crippen LogP contribution in [0.25, 0.3) is 0 Å². The molecule has 4 N–H and O–H groups in total. The minimum atomic E-state index is -0.454. The number of non-ortho nitro benzene ring substituents is 1. The highest BCUT2D eigenvalue weighted by atomic mass is 16.6. The van der Waals surface area contributed by atoms with E-state index in [1.807, 2.05) is 26.8 Å². The minimum absolute atomic E-state index is 0.0275. The average molecular weight is 290 g/mol. The van der Waals surface area contributed by atoms with E-state index in [1.54, 1.807) is 6.07 Å². The molecule has 0 fully saturated rings. The molecule has 0 spiro atoms. The zero-order valence-electron chi connectivity index (χ0n) is 12.1. The fourth-order valence-corrected chi connectivity index (χ4v) is 2.29. The standard InChI is InChI=1S/C14H18N4O3/c1-8-4-14(10(3)21-8)9(2)16-11-5-12(17-15)7-13(6-11)18(19)20/h4-7,9,16-17H,15H2,1-3H3. The molecule has 1 unspecified atom stereocenters. The van der Waals surface area contributed by atoms with Crippen LogP contribution in [0.4, 0.5) is 17.1 Å². The third-order valence-corrected chi connectivity index (χ3v) is 3.22. The molecule has 1 heterocycles. The predicted octanol–water partition coefficient (Wildman–Crippen LogP) is 3.26. The molecule has 0 aliphatic rings. The number of aryl methyl sites for hydroxylation is 2. The van der Waals surface area contributed by atoms with Gasteiger partial charge in [-0.1, -0.05) is 0 Å². The lowest BCUT2D eigenvalue weighted by Crippen LogP contribution is -2.10. The van der Waals surface area contributed by atoms with Gasteiger partial charge in [0, 0.05) is 23.4 Å². The third-order valence-electron chi connectivity index (χ3n) is 3.22. The molecule has 1 aromatic heterocycles. The molecule has 7 heteroatoms. The largest absolute Gasteiger partial charge is 0.466 e. The van der Waals surface area contributed by atoms with Gasteiger partial charge in [-0.25, -0.2) is 0 Å². The molecule has 0 radical (unpaired) electrons. The van der Waals surface area contributed by atoms with Crippen LogP contribution in [0.15, 0.2) is 28.7 Å². The van der Waals surface area contributed by atoms with E-state index in [2.05, 4.69) is 10.7 Å². The molecule has 0 amide bonds. The molecule has 2 aromatic rings. The van der Waals surface area contributed by atoms with Gasteiger partial charge in [0.2, 0.25) is 0 Å². The second kappa shape index (κ2) is 5.84. The maximum absolute atomic E-state index is 10.9. The van der Waals surface area contributed by atoms with E-state index in [0.717, 1.165) is 17.1 Å². The first kappa shape index (κ1) is 14.9. The molecule has 21 heavy (non-hydrogen) atoms. The van der Waals surface area contributed by atoms with Crippen molar-refractivity contribution in [2.75, 3.05) is 10.7 Å². The molecular weight excluding hydrogens is 272 g/mol. The van der Waals surface area contributed by atoms with Crippen molar-refractivity contribution in [2.45, 2.75) is 26.8 Å². The van der Waals surface area contributed by atoms with Crippen LogP contribution in [0.5, 0.6) is 0 Å². The van der Waals surface area contributed by atoms with Crippen LogP contribution in [0.1, 0.15) is 30.0 Å². The fraction of sp³-hybridized carbons (Fsp3) is 0.286. The zero-order valence-corrected chi connectivity index (χ0v) is 12.1. The topological polar surface area (TPSA) is 106 Å². The Balaban J connectivity index is 2.28. The molecule has 0 aliphatic heterocycles. The van der Waals surface area contributed by atoms with Gasteiger partial charge in [-0.15, -0.1) is 0 Å². The Hall–Kier alpha value is -2.54. The summed E-state index contributed by atoms with van der Waals surface area (Å²) in [5.74, 6) is 7.00. The van der Waals surface area contributed by atoms with E-state index in [-0.39, 0.29) is 11.7 Å². The van der Waals surface area contributed by atoms with Gasteiger partial charge in [0.05, 0.1) is 16.7 Å². The summed E-state index contributed by atoms with van der Waals surface area (Å²) >= 11 is 0. The Kier molecular flexibility index (Phi) is 4.13. The van der Waals surface area contributed by atoms with Gasteiger partial charge in [0.1, 0.15) is 11.5 Å². The normalized spacial score (nSPS) is 12.0. The van der Waals surface area contributed by atoms with Crippen molar-refractivity contribution in [1.82, 2.24) is 0 Å². The number of hydrogen-bond donors (Lipinski definition) is 3. The number of nitrogens with one attached hydrogen (secondary N) is 2. The SMILES string of the molecule is Cc1cc(C(C)Nc2cc(NN)cc([N+](=O)[O-])c2)c(C)o1. The number of furan rings is 1. The first-order valence-electron chi connectivity index (χ1n) is 6.50. The smallest absolute Gasteiger partial charge is 0.273 e. The number of benzene rings is 1. The Bertz CT molecular complexity index is 666. The molecule has 1 aromatic carbocycles. The number of rotatable bonds is 5. The fourth-order valence-electron chi connectivity index (χ4n) is 2.29. The Labute approximate surface area is 122 Å². The van der Waals surface area contributed by atoms with Crippen molar-refractivity contribution < 1.29 is 9.34 Å². The van der Waals surface area contributed by atoms with E-state index < -0.39 is 4.92 Å². The van der Waals surface area contributed by atoms with Crippen LogP contribution in [0.3, 0.4) is 0 Å². The molecular formula is C14H18N4O3. The number of nitrogens with two attached hydrogens (primary N) is 1. The first-order chi connectivity index (χ1) is 9.90. The number of anilines is 2. The highest BCUT2D eigenvalue weighted by Gasteiger charge is 2.15. The van der Waals surface area contributed by atoms with Crippen molar-refractivity contribution in [3.63, 3.8) is 0 Å². The second-order valence-electron chi connectivity index (χ2n) is 4.90. The number of hydrazine groups is 1. The van der Waals surface area contributed by atoms with Gasteiger partial charge < -0.3 is 15.2 Å². The third kappa shape index (κ3) is 3.32. The molecule has 1 atom stereocenters. The van der Waals surface area contributed by atoms with Gasteiger partial charge in [0.25, 0.3) is 5.69 Å². The van der Waals surface area contributed by atoms with Gasteiger partial charge in [-0.05, 0) is 32.9 Å². The Morgan fingerprint density at radius 1 is 1.24 bits per heavy atom. The molecule has 0 saturated heterocycles. The maximum atomic E-state index is 10.9. The van der Waals surface area contributed by atoms with Crippen molar-refractivity contribution in [1.29, 1.82) is 0 Å². The monoisotopic (exact) mass is 290 g/mol. The predicted molar refractivity (Wildman–Crippen MR) is 81.1 cm³/mol. The van der Waals surface area contributed by atoms with E-state index in [4.69, 9.17) is 10.3 Å². The van der Waals surface area contributed by atoms with Gasteiger partial charge in [-0.3, -0.25) is 16.0 Å². The van der Waals surface area contributed by atoms with E-state index in [0.29, 0.717) is 11.4 Å². The first-order valence-corrected chi connectivity index (χ1v) is 6.50. The van der Waals surface area contributed by atoms with E-state index in [9.17, 15) is 10.1 Å². The molecule has 7 nitrogen and oxygen atoms in total. The van der Waals surface area contributed by atoms with Crippen molar-refractivity contribution in [3.05, 3.63) is 51.5 Å². The average Bonchev–Trinajstić information content (AvgIpc) is 2.77. The summed E-state index contributed by atoms with van der Waals surface area (Å²) in [6, 6.07) is 6.47. The number of nitro groups is 1. The van der Waals surface area contributed by atoms with Crippen LogP contribution in [-0.4, -0.2) is 4.92 Å². The van der Waals surface area contributed by atoms with Crippen LogP contribution >= 0.6 is 0 Å². The number of nitrogens with zero attached hydrogens (tertiary/aromatic N) is 1. The van der Waals surface area contributed by atoms with Crippen molar-refractivity contribution >= 4 is 17.1 Å². The van der Waals surface area contributed by atoms with Crippen LogP contribution < -0.4 is 16.6 Å². The number of hydrogen-bond acceptors (Lipinski definition) is 6. The number of nitro benzene ring substituents is 1. The second-order valence-corrected chi connectivity index (χ2v) is 4.90. The van der Waals surface area contributed by atoms with Crippen molar-refractivity contribution in [3.8, 4) is 0 Å². The quantitative estimate of drug-likeness (QED) is 0.443. The molecule has 112 valence electrons. The zero-order chi connectivity index (χ0) is 15.6. The lowest BCUT2D eigenvalue weighted by molar-refractivity contribution is -0.384. The Morgan fingerprint density at radius 3 is 2.43 bits per heavy atom. The van der Waals surface area contributed by atoms with Gasteiger partial charge >= 0.3 is 0 Å². The van der Waals surface area contributed by atoms with E-state index >= 15 is 0 Å². The number of nitrogen functional groups attached to an aromatic ring is 1. The lowest BCUT2D eigenvalue weighted by Gasteiger charge is -2.15. The van der Waals surface area contributed by atoms with Crippen LogP contribution in [-0.2, 0) is 0 Å². The summed E-state index contributed by atoms with van der Waals surface area (Å²) in [4.78, 5) is 10.5. The lowest BCUT2D eigenvalue weighted by atomic mass is 10.1. The molecule has 0 bridgehead atoms. The van der Waals surface area contributed by atoms with Crippen molar-refractivity contribution in [2.24, 2.45) is 5.84 Å².